The first-order valence-electron chi connectivity index (χ1n) is 11.1. The Labute approximate surface area is 189 Å². The molecule has 0 amide bonds. The summed E-state index contributed by atoms with van der Waals surface area (Å²) in [4.78, 5) is 9.77. The number of fused-ring (bicyclic) bond motifs is 1. The summed E-state index contributed by atoms with van der Waals surface area (Å²) in [5, 5.41) is 14.3. The molecule has 4 rings (SSSR count). The number of aromatic amines is 1. The maximum atomic E-state index is 14.3. The fourth-order valence-electron chi connectivity index (χ4n) is 5.06. The van der Waals surface area contributed by atoms with E-state index in [1.807, 2.05) is 12.1 Å². The maximum Gasteiger partial charge on any atom is 0.198 e. The number of H-pyrrole nitrogens is 1. The Morgan fingerprint density at radius 2 is 1.84 bits per heavy atom. The van der Waals surface area contributed by atoms with E-state index >= 15 is 0 Å². The van der Waals surface area contributed by atoms with Crippen molar-refractivity contribution in [1.29, 1.82) is 0 Å². The summed E-state index contributed by atoms with van der Waals surface area (Å²) in [6.45, 7) is 11.3. The molecular formula is C26H33FN4O. The summed E-state index contributed by atoms with van der Waals surface area (Å²) in [5.41, 5.74) is 4.09. The smallest absolute Gasteiger partial charge is 0.198 e. The first-order valence-corrected chi connectivity index (χ1v) is 11.1. The molecule has 3 aromatic rings. The van der Waals surface area contributed by atoms with Gasteiger partial charge in [-0.2, -0.15) is 0 Å². The van der Waals surface area contributed by atoms with Crippen LogP contribution in [-0.2, 0) is 0 Å². The van der Waals surface area contributed by atoms with Gasteiger partial charge in [0.25, 0.3) is 0 Å². The highest BCUT2D eigenvalue weighted by Crippen LogP contribution is 2.38. The molecule has 6 heteroatoms. The van der Waals surface area contributed by atoms with Crippen molar-refractivity contribution in [1.82, 2.24) is 9.88 Å². The SMILES string of the molecule is Cc1cc(N=Cc2c(O)[nH]c3cccc(F)c23)ccc1NC1CC(C)(C)N(C)C(C)(C)C1. The van der Waals surface area contributed by atoms with Gasteiger partial charge in [0.15, 0.2) is 5.88 Å². The van der Waals surface area contributed by atoms with Crippen molar-refractivity contribution in [3.63, 3.8) is 0 Å². The van der Waals surface area contributed by atoms with Crippen molar-refractivity contribution in [2.45, 2.75) is 64.6 Å². The van der Waals surface area contributed by atoms with E-state index in [9.17, 15) is 9.50 Å². The van der Waals surface area contributed by atoms with Crippen LogP contribution in [0.25, 0.3) is 10.9 Å². The molecule has 0 aliphatic carbocycles. The van der Waals surface area contributed by atoms with Crippen molar-refractivity contribution in [3.8, 4) is 5.88 Å². The molecule has 0 spiro atoms. The molecule has 1 saturated heterocycles. The zero-order valence-electron chi connectivity index (χ0n) is 19.8. The minimum Gasteiger partial charge on any atom is -0.494 e. The highest BCUT2D eigenvalue weighted by Gasteiger charge is 2.43. The molecule has 1 aliphatic rings. The number of hydrogen-bond acceptors (Lipinski definition) is 4. The van der Waals surface area contributed by atoms with E-state index in [0.717, 1.165) is 29.8 Å². The molecule has 32 heavy (non-hydrogen) atoms. The van der Waals surface area contributed by atoms with E-state index in [2.05, 4.69) is 67.9 Å². The largest absolute Gasteiger partial charge is 0.494 e. The van der Waals surface area contributed by atoms with Gasteiger partial charge in [-0.15, -0.1) is 0 Å². The predicted octanol–water partition coefficient (Wildman–Crippen LogP) is 6.13. The molecule has 2 heterocycles. The zero-order chi connectivity index (χ0) is 23.3. The standard InChI is InChI=1S/C26H33FN4O/c1-16-12-17(28-15-19-23-20(27)8-7-9-22(23)30-24(19)32)10-11-21(16)29-18-13-25(2,3)31(6)26(4,5)14-18/h7-12,15,18,29-30,32H,13-14H2,1-6H3. The highest BCUT2D eigenvalue weighted by molar-refractivity contribution is 6.02. The molecule has 0 saturated carbocycles. The average molecular weight is 437 g/mol. The van der Waals surface area contributed by atoms with Crippen molar-refractivity contribution in [2.24, 2.45) is 4.99 Å². The van der Waals surface area contributed by atoms with Gasteiger partial charge >= 0.3 is 0 Å². The number of anilines is 1. The molecule has 1 fully saturated rings. The van der Waals surface area contributed by atoms with Crippen LogP contribution in [0.3, 0.4) is 0 Å². The minimum atomic E-state index is -0.389. The number of nitrogens with one attached hydrogen (secondary N) is 2. The van der Waals surface area contributed by atoms with Crippen LogP contribution >= 0.6 is 0 Å². The lowest BCUT2D eigenvalue weighted by atomic mass is 9.77. The van der Waals surface area contributed by atoms with E-state index in [1.165, 1.54) is 12.3 Å². The number of aryl methyl sites for hydroxylation is 1. The Morgan fingerprint density at radius 3 is 2.50 bits per heavy atom. The Bertz CT molecular complexity index is 1160. The quantitative estimate of drug-likeness (QED) is 0.431. The topological polar surface area (TPSA) is 63.7 Å². The Balaban J connectivity index is 1.54. The van der Waals surface area contributed by atoms with Crippen molar-refractivity contribution in [2.75, 3.05) is 12.4 Å². The van der Waals surface area contributed by atoms with Crippen LogP contribution < -0.4 is 5.32 Å². The van der Waals surface area contributed by atoms with Crippen LogP contribution in [-0.4, -0.2) is 45.4 Å². The molecule has 0 radical (unpaired) electrons. The molecule has 2 aromatic carbocycles. The van der Waals surface area contributed by atoms with E-state index in [0.29, 0.717) is 22.5 Å². The number of nitrogens with zero attached hydrogens (tertiary/aromatic N) is 2. The number of halogens is 1. The monoisotopic (exact) mass is 436 g/mol. The second-order valence-electron chi connectivity index (χ2n) is 10.2. The molecular weight excluding hydrogens is 403 g/mol. The van der Waals surface area contributed by atoms with Crippen molar-refractivity contribution in [3.05, 3.63) is 53.3 Å². The molecule has 1 aliphatic heterocycles. The number of likely N-dealkylation sites (tertiary alicyclic amines) is 1. The minimum absolute atomic E-state index is 0.0867. The molecule has 5 nitrogen and oxygen atoms in total. The van der Waals surface area contributed by atoms with Crippen LogP contribution in [0.4, 0.5) is 15.8 Å². The van der Waals surface area contributed by atoms with Gasteiger partial charge in [-0.1, -0.05) is 6.07 Å². The lowest BCUT2D eigenvalue weighted by Crippen LogP contribution is -2.61. The fraction of sp³-hybridized carbons (Fsp3) is 0.423. The third-order valence-electron chi connectivity index (χ3n) is 7.01. The van der Waals surface area contributed by atoms with Crippen molar-refractivity contribution >= 4 is 28.5 Å². The van der Waals surface area contributed by atoms with Gasteiger partial charge in [0.05, 0.1) is 16.8 Å². The number of aromatic hydroxyl groups is 1. The van der Waals surface area contributed by atoms with E-state index in [4.69, 9.17) is 0 Å². The lowest BCUT2D eigenvalue weighted by molar-refractivity contribution is -0.00768. The van der Waals surface area contributed by atoms with Gasteiger partial charge < -0.3 is 15.4 Å². The van der Waals surface area contributed by atoms with Gasteiger partial charge in [-0.05, 0) is 90.4 Å². The first-order chi connectivity index (χ1) is 15.0. The summed E-state index contributed by atoms with van der Waals surface area (Å²) in [6.07, 6.45) is 3.65. The number of aromatic nitrogens is 1. The number of rotatable bonds is 4. The highest BCUT2D eigenvalue weighted by atomic mass is 19.1. The summed E-state index contributed by atoms with van der Waals surface area (Å²) < 4.78 is 14.3. The van der Waals surface area contributed by atoms with Gasteiger partial charge in [-0.25, -0.2) is 4.39 Å². The van der Waals surface area contributed by atoms with E-state index < -0.39 is 0 Å². The average Bonchev–Trinajstić information content (AvgIpc) is 3.02. The zero-order valence-corrected chi connectivity index (χ0v) is 19.8. The number of aliphatic imine (C=N–C) groups is 1. The van der Waals surface area contributed by atoms with Gasteiger partial charge in [0.1, 0.15) is 5.82 Å². The third kappa shape index (κ3) is 4.11. The van der Waals surface area contributed by atoms with Crippen molar-refractivity contribution < 1.29 is 9.50 Å². The van der Waals surface area contributed by atoms with Gasteiger partial charge in [0, 0.05) is 34.4 Å². The van der Waals surface area contributed by atoms with Crippen LogP contribution in [0.5, 0.6) is 5.88 Å². The Hall–Kier alpha value is -2.86. The molecule has 3 N–H and O–H groups in total. The van der Waals surface area contributed by atoms with E-state index in [1.54, 1.807) is 12.1 Å². The first kappa shape index (κ1) is 22.3. The number of piperidine rings is 1. The predicted molar refractivity (Wildman–Crippen MR) is 131 cm³/mol. The number of benzene rings is 2. The third-order valence-corrected chi connectivity index (χ3v) is 7.01. The normalized spacial score (nSPS) is 19.1. The van der Waals surface area contributed by atoms with Gasteiger partial charge in [-0.3, -0.25) is 9.89 Å². The summed E-state index contributed by atoms with van der Waals surface area (Å²) >= 11 is 0. The Morgan fingerprint density at radius 1 is 1.16 bits per heavy atom. The fourth-order valence-corrected chi connectivity index (χ4v) is 5.06. The maximum absolute atomic E-state index is 14.3. The second-order valence-corrected chi connectivity index (χ2v) is 10.2. The Kier molecular flexibility index (Phi) is 5.53. The molecule has 170 valence electrons. The summed E-state index contributed by atoms with van der Waals surface area (Å²) in [6, 6.07) is 11.1. The van der Waals surface area contributed by atoms with Crippen LogP contribution in [0.15, 0.2) is 41.4 Å². The van der Waals surface area contributed by atoms with Gasteiger partial charge in [0.2, 0.25) is 0 Å². The van der Waals surface area contributed by atoms with E-state index in [-0.39, 0.29) is 22.8 Å². The van der Waals surface area contributed by atoms with Crippen LogP contribution in [0, 0.1) is 12.7 Å². The summed E-state index contributed by atoms with van der Waals surface area (Å²) in [5.74, 6) is -0.475. The molecule has 1 aromatic heterocycles. The second kappa shape index (κ2) is 7.93. The lowest BCUT2D eigenvalue weighted by Gasteiger charge is -2.54. The number of hydrogen-bond donors (Lipinski definition) is 3. The molecule has 0 atom stereocenters. The molecule has 0 bridgehead atoms. The van der Waals surface area contributed by atoms with Crippen LogP contribution in [0.1, 0.15) is 51.7 Å². The summed E-state index contributed by atoms with van der Waals surface area (Å²) in [7, 11) is 2.21. The molecule has 0 unspecified atom stereocenters. The van der Waals surface area contributed by atoms with Crippen LogP contribution in [0.2, 0.25) is 0 Å².